The fourth-order valence-electron chi connectivity index (χ4n) is 1.89. The SMILES string of the molecule is FC(F)(F)c1cccc(Cl)c1CSc1nnc(-c2cnccn2)o1. The van der Waals surface area contributed by atoms with Gasteiger partial charge in [-0.15, -0.1) is 10.2 Å². The average Bonchev–Trinajstić information content (AvgIpc) is 3.02. The molecular formula is C14H8ClF3N4OS. The van der Waals surface area contributed by atoms with Crippen molar-refractivity contribution in [1.29, 1.82) is 0 Å². The van der Waals surface area contributed by atoms with E-state index in [1.165, 1.54) is 30.7 Å². The topological polar surface area (TPSA) is 64.7 Å². The number of hydrogen-bond acceptors (Lipinski definition) is 6. The Kier molecular flexibility index (Phi) is 4.72. The lowest BCUT2D eigenvalue weighted by Crippen LogP contribution is -2.09. The fraction of sp³-hybridized carbons (Fsp3) is 0.143. The van der Waals surface area contributed by atoms with Crippen LogP contribution in [-0.4, -0.2) is 20.2 Å². The molecule has 0 fully saturated rings. The Hall–Kier alpha value is -2.13. The maximum Gasteiger partial charge on any atom is 0.416 e. The molecule has 2 aromatic heterocycles. The van der Waals surface area contributed by atoms with E-state index >= 15 is 0 Å². The molecule has 10 heteroatoms. The van der Waals surface area contributed by atoms with Crippen LogP contribution in [0.2, 0.25) is 5.02 Å². The number of nitrogens with zero attached hydrogens (tertiary/aromatic N) is 4. The van der Waals surface area contributed by atoms with Crippen molar-refractivity contribution in [2.75, 3.05) is 0 Å². The van der Waals surface area contributed by atoms with Gasteiger partial charge in [0.25, 0.3) is 11.1 Å². The predicted octanol–water partition coefficient (Wildman–Crippen LogP) is 4.49. The monoisotopic (exact) mass is 372 g/mol. The molecule has 3 aromatic rings. The van der Waals surface area contributed by atoms with E-state index in [2.05, 4.69) is 20.2 Å². The molecule has 124 valence electrons. The zero-order chi connectivity index (χ0) is 17.2. The number of hydrogen-bond donors (Lipinski definition) is 0. The first-order chi connectivity index (χ1) is 11.4. The van der Waals surface area contributed by atoms with E-state index in [9.17, 15) is 13.2 Å². The molecule has 0 saturated carbocycles. The van der Waals surface area contributed by atoms with E-state index in [4.69, 9.17) is 16.0 Å². The quantitative estimate of drug-likeness (QED) is 0.629. The Balaban J connectivity index is 1.79. The minimum absolute atomic E-state index is 0.0316. The second-order valence-corrected chi connectivity index (χ2v) is 5.85. The van der Waals surface area contributed by atoms with E-state index in [0.717, 1.165) is 17.8 Å². The molecule has 0 radical (unpaired) electrons. The Morgan fingerprint density at radius 1 is 1.17 bits per heavy atom. The van der Waals surface area contributed by atoms with Crippen LogP contribution < -0.4 is 0 Å². The summed E-state index contributed by atoms with van der Waals surface area (Å²) in [7, 11) is 0. The summed E-state index contributed by atoms with van der Waals surface area (Å²) < 4.78 is 44.5. The second kappa shape index (κ2) is 6.78. The molecule has 24 heavy (non-hydrogen) atoms. The lowest BCUT2D eigenvalue weighted by Gasteiger charge is -2.13. The third kappa shape index (κ3) is 3.68. The van der Waals surface area contributed by atoms with Crippen molar-refractivity contribution in [3.05, 3.63) is 52.9 Å². The number of alkyl halides is 3. The molecule has 2 heterocycles. The molecule has 5 nitrogen and oxygen atoms in total. The lowest BCUT2D eigenvalue weighted by molar-refractivity contribution is -0.138. The van der Waals surface area contributed by atoms with E-state index in [1.807, 2.05) is 0 Å². The Morgan fingerprint density at radius 2 is 2.00 bits per heavy atom. The van der Waals surface area contributed by atoms with Gasteiger partial charge in [-0.25, -0.2) is 4.98 Å². The van der Waals surface area contributed by atoms with Crippen LogP contribution in [0.5, 0.6) is 0 Å². The van der Waals surface area contributed by atoms with Crippen molar-refractivity contribution >= 4 is 23.4 Å². The highest BCUT2D eigenvalue weighted by molar-refractivity contribution is 7.98. The molecule has 0 aliphatic rings. The van der Waals surface area contributed by atoms with Gasteiger partial charge in [-0.05, 0) is 17.7 Å². The standard InChI is InChI=1S/C14H8ClF3N4OS/c15-10-3-1-2-9(14(16,17)18)8(10)7-24-13-22-21-12(23-13)11-6-19-4-5-20-11/h1-6H,7H2. The van der Waals surface area contributed by atoms with Crippen LogP contribution in [0.3, 0.4) is 0 Å². The summed E-state index contributed by atoms with van der Waals surface area (Å²) >= 11 is 6.87. The first-order valence-corrected chi connectivity index (χ1v) is 7.89. The van der Waals surface area contributed by atoms with Gasteiger partial charge in [0.1, 0.15) is 5.69 Å². The number of halogens is 4. The molecule has 0 aliphatic heterocycles. The predicted molar refractivity (Wildman–Crippen MR) is 81.3 cm³/mol. The Labute approximate surface area is 143 Å². The summed E-state index contributed by atoms with van der Waals surface area (Å²) in [6.45, 7) is 0. The maximum absolute atomic E-state index is 13.0. The third-order valence-corrected chi connectivity index (χ3v) is 4.15. The highest BCUT2D eigenvalue weighted by Crippen LogP contribution is 2.38. The molecule has 0 N–H and O–H groups in total. The van der Waals surface area contributed by atoms with Crippen molar-refractivity contribution in [2.45, 2.75) is 17.2 Å². The zero-order valence-electron chi connectivity index (χ0n) is 11.8. The molecule has 0 atom stereocenters. The summed E-state index contributed by atoms with van der Waals surface area (Å²) in [6, 6.07) is 3.66. The molecule has 0 amide bonds. The first-order valence-electron chi connectivity index (χ1n) is 6.52. The summed E-state index contributed by atoms with van der Waals surface area (Å²) in [5, 5.41) is 7.73. The Morgan fingerprint density at radius 3 is 2.71 bits per heavy atom. The van der Waals surface area contributed by atoms with Crippen LogP contribution in [0.1, 0.15) is 11.1 Å². The highest BCUT2D eigenvalue weighted by Gasteiger charge is 2.34. The van der Waals surface area contributed by atoms with Gasteiger partial charge in [0.15, 0.2) is 0 Å². The van der Waals surface area contributed by atoms with Crippen LogP contribution in [0.15, 0.2) is 46.4 Å². The highest BCUT2D eigenvalue weighted by atomic mass is 35.5. The Bertz CT molecular complexity index is 842. The van der Waals surface area contributed by atoms with Crippen molar-refractivity contribution in [3.8, 4) is 11.6 Å². The first kappa shape index (κ1) is 16.7. The van der Waals surface area contributed by atoms with Gasteiger partial charge < -0.3 is 4.42 Å². The third-order valence-electron chi connectivity index (χ3n) is 2.95. The van der Waals surface area contributed by atoms with Gasteiger partial charge in [0.05, 0.1) is 11.8 Å². The van der Waals surface area contributed by atoms with Gasteiger partial charge in [-0.2, -0.15) is 13.2 Å². The summed E-state index contributed by atoms with van der Waals surface area (Å²) in [5.74, 6) is 0.0807. The molecule has 0 aliphatic carbocycles. The largest absolute Gasteiger partial charge is 0.416 e. The van der Waals surface area contributed by atoms with E-state index in [-0.39, 0.29) is 27.5 Å². The normalized spacial score (nSPS) is 11.7. The second-order valence-electron chi connectivity index (χ2n) is 4.52. The number of thioether (sulfide) groups is 1. The summed E-state index contributed by atoms with van der Waals surface area (Å²) in [5.41, 5.74) is -0.433. The van der Waals surface area contributed by atoms with E-state index in [1.54, 1.807) is 0 Å². The number of benzene rings is 1. The molecule has 3 rings (SSSR count). The molecule has 0 bridgehead atoms. The van der Waals surface area contributed by atoms with Crippen LogP contribution in [0.25, 0.3) is 11.6 Å². The van der Waals surface area contributed by atoms with Crippen molar-refractivity contribution in [1.82, 2.24) is 20.2 Å². The smallest absolute Gasteiger partial charge is 0.410 e. The molecule has 0 spiro atoms. The van der Waals surface area contributed by atoms with Crippen LogP contribution in [0, 0.1) is 0 Å². The van der Waals surface area contributed by atoms with Gasteiger partial charge in [-0.1, -0.05) is 29.4 Å². The number of aromatic nitrogens is 4. The van der Waals surface area contributed by atoms with E-state index in [0.29, 0.717) is 5.69 Å². The summed E-state index contributed by atoms with van der Waals surface area (Å²) in [4.78, 5) is 7.88. The molecule has 0 saturated heterocycles. The molecule has 0 unspecified atom stereocenters. The van der Waals surface area contributed by atoms with Crippen LogP contribution in [0.4, 0.5) is 13.2 Å². The van der Waals surface area contributed by atoms with Gasteiger partial charge in [0.2, 0.25) is 0 Å². The van der Waals surface area contributed by atoms with Gasteiger partial charge >= 0.3 is 6.18 Å². The minimum Gasteiger partial charge on any atom is -0.410 e. The summed E-state index contributed by atoms with van der Waals surface area (Å²) in [6.07, 6.45) is -0.0878. The lowest BCUT2D eigenvalue weighted by atomic mass is 10.1. The van der Waals surface area contributed by atoms with Crippen molar-refractivity contribution in [2.24, 2.45) is 0 Å². The maximum atomic E-state index is 13.0. The van der Waals surface area contributed by atoms with E-state index < -0.39 is 11.7 Å². The van der Waals surface area contributed by atoms with Crippen molar-refractivity contribution in [3.63, 3.8) is 0 Å². The van der Waals surface area contributed by atoms with Crippen molar-refractivity contribution < 1.29 is 17.6 Å². The van der Waals surface area contributed by atoms with Gasteiger partial charge in [0, 0.05) is 23.2 Å². The average molecular weight is 373 g/mol. The van der Waals surface area contributed by atoms with Crippen LogP contribution >= 0.6 is 23.4 Å². The minimum atomic E-state index is -4.49. The zero-order valence-corrected chi connectivity index (χ0v) is 13.4. The number of rotatable bonds is 4. The fourth-order valence-corrected chi connectivity index (χ4v) is 3.02. The molecular weight excluding hydrogens is 365 g/mol. The van der Waals surface area contributed by atoms with Gasteiger partial charge in [-0.3, -0.25) is 4.98 Å². The molecule has 1 aromatic carbocycles. The van der Waals surface area contributed by atoms with Crippen LogP contribution in [-0.2, 0) is 11.9 Å².